The van der Waals surface area contributed by atoms with Crippen LogP contribution in [0.3, 0.4) is 0 Å². The minimum atomic E-state index is -1.31. The Morgan fingerprint density at radius 1 is 1.21 bits per heavy atom. The summed E-state index contributed by atoms with van der Waals surface area (Å²) in [6, 6.07) is 8.00. The van der Waals surface area contributed by atoms with E-state index in [1.54, 1.807) is 0 Å². The summed E-state index contributed by atoms with van der Waals surface area (Å²) in [7, 11) is -1.31. The predicted octanol–water partition coefficient (Wildman–Crippen LogP) is 1.76. The Kier molecular flexibility index (Phi) is 3.83. The van der Waals surface area contributed by atoms with Crippen molar-refractivity contribution in [1.82, 2.24) is 0 Å². The zero-order valence-corrected chi connectivity index (χ0v) is 12.0. The molecule has 4 nitrogen and oxygen atoms in total. The fraction of sp³-hybridized carbons (Fsp3) is 0.571. The van der Waals surface area contributed by atoms with Gasteiger partial charge < -0.3 is 14.4 Å². The third kappa shape index (κ3) is 3.33. The second kappa shape index (κ2) is 5.58. The predicted molar refractivity (Wildman–Crippen MR) is 75.9 cm³/mol. The molecule has 0 radical (unpaired) electrons. The van der Waals surface area contributed by atoms with Gasteiger partial charge in [-0.15, -0.1) is 0 Å². The molecule has 3 atom stereocenters. The number of hydrogen-bond acceptors (Lipinski definition) is 4. The fourth-order valence-corrected chi connectivity index (χ4v) is 3.29. The molecular formula is C14H19NO3P+. The van der Waals surface area contributed by atoms with Crippen molar-refractivity contribution in [1.29, 1.82) is 0 Å². The lowest BCUT2D eigenvalue weighted by molar-refractivity contribution is 0.389. The Hall–Kier alpha value is -0.960. The molecule has 5 heteroatoms. The van der Waals surface area contributed by atoms with Crippen molar-refractivity contribution in [2.45, 2.75) is 19.1 Å². The summed E-state index contributed by atoms with van der Waals surface area (Å²) >= 11 is 0. The standard InChI is InChI=1S/C14H19NO3P/c1-2-19(16)14-6-4-3-5-13(14)15(7-11-9-17-11)8-12-10-18-12/h3-6,11-12H,2,7-10H2,1H3/q+1. The molecule has 1 aromatic rings. The number of para-hydroxylation sites is 1. The highest BCUT2D eigenvalue weighted by Crippen LogP contribution is 2.28. The van der Waals surface area contributed by atoms with E-state index < -0.39 is 7.80 Å². The van der Waals surface area contributed by atoms with E-state index in [0.717, 1.165) is 37.3 Å². The van der Waals surface area contributed by atoms with Gasteiger partial charge >= 0.3 is 7.80 Å². The van der Waals surface area contributed by atoms with Crippen LogP contribution >= 0.6 is 7.80 Å². The Bertz CT molecular complexity index is 458. The Labute approximate surface area is 114 Å². The lowest BCUT2D eigenvalue weighted by atomic mass is 10.2. The van der Waals surface area contributed by atoms with E-state index in [4.69, 9.17) is 9.47 Å². The van der Waals surface area contributed by atoms with Crippen LogP contribution in [-0.4, -0.2) is 44.7 Å². The first-order valence-corrected chi connectivity index (χ1v) is 8.24. The molecule has 3 unspecified atom stereocenters. The van der Waals surface area contributed by atoms with Crippen molar-refractivity contribution >= 4 is 18.8 Å². The number of ether oxygens (including phenoxy) is 2. The van der Waals surface area contributed by atoms with E-state index in [1.807, 2.05) is 25.1 Å². The highest BCUT2D eigenvalue weighted by atomic mass is 31.1. The van der Waals surface area contributed by atoms with Crippen LogP contribution in [0, 0.1) is 0 Å². The van der Waals surface area contributed by atoms with Crippen LogP contribution in [0.1, 0.15) is 6.92 Å². The van der Waals surface area contributed by atoms with Gasteiger partial charge in [0.2, 0.25) is 5.30 Å². The Morgan fingerprint density at radius 3 is 2.32 bits per heavy atom. The molecule has 0 amide bonds. The molecule has 0 aromatic heterocycles. The van der Waals surface area contributed by atoms with Gasteiger partial charge in [-0.25, -0.2) is 0 Å². The molecule has 19 heavy (non-hydrogen) atoms. The Morgan fingerprint density at radius 2 is 1.79 bits per heavy atom. The molecular weight excluding hydrogens is 261 g/mol. The van der Waals surface area contributed by atoms with Crippen LogP contribution in [0.25, 0.3) is 0 Å². The maximum atomic E-state index is 12.2. The number of rotatable bonds is 7. The van der Waals surface area contributed by atoms with Crippen LogP contribution in [0.5, 0.6) is 0 Å². The molecule has 0 N–H and O–H groups in total. The summed E-state index contributed by atoms with van der Waals surface area (Å²) < 4.78 is 22.9. The molecule has 0 spiro atoms. The van der Waals surface area contributed by atoms with Gasteiger partial charge in [0.05, 0.1) is 31.1 Å². The monoisotopic (exact) mass is 280 g/mol. The SMILES string of the molecule is CC[P+](=O)c1ccccc1N(CC1CO1)CC1CO1. The summed E-state index contributed by atoms with van der Waals surface area (Å²) in [4.78, 5) is 2.27. The molecule has 2 aliphatic heterocycles. The molecule has 2 heterocycles. The Balaban J connectivity index is 1.84. The van der Waals surface area contributed by atoms with Crippen molar-refractivity contribution in [3.05, 3.63) is 24.3 Å². The minimum absolute atomic E-state index is 0.325. The van der Waals surface area contributed by atoms with E-state index in [-0.39, 0.29) is 0 Å². The van der Waals surface area contributed by atoms with Crippen molar-refractivity contribution in [2.75, 3.05) is 37.4 Å². The van der Waals surface area contributed by atoms with Gasteiger partial charge in [0.1, 0.15) is 6.16 Å². The molecule has 2 fully saturated rings. The summed E-state index contributed by atoms with van der Waals surface area (Å²) in [5.41, 5.74) is 1.08. The van der Waals surface area contributed by atoms with Crippen LogP contribution in [-0.2, 0) is 14.0 Å². The maximum Gasteiger partial charge on any atom is 0.378 e. The van der Waals surface area contributed by atoms with Gasteiger partial charge in [-0.3, -0.25) is 0 Å². The highest BCUT2D eigenvalue weighted by molar-refractivity contribution is 7.53. The van der Waals surface area contributed by atoms with Gasteiger partial charge in [-0.2, -0.15) is 0 Å². The van der Waals surface area contributed by atoms with Crippen LogP contribution in [0.4, 0.5) is 5.69 Å². The summed E-state index contributed by atoms with van der Waals surface area (Å²) in [5.74, 6) is 0. The molecule has 1 aromatic carbocycles. The number of nitrogens with zero attached hydrogens (tertiary/aromatic N) is 1. The van der Waals surface area contributed by atoms with Crippen LogP contribution in [0.15, 0.2) is 24.3 Å². The van der Waals surface area contributed by atoms with Gasteiger partial charge in [0, 0.05) is 13.1 Å². The summed E-state index contributed by atoms with van der Waals surface area (Å²) in [6.45, 7) is 5.37. The van der Waals surface area contributed by atoms with Crippen LogP contribution < -0.4 is 10.2 Å². The van der Waals surface area contributed by atoms with Gasteiger partial charge in [-0.1, -0.05) is 16.7 Å². The molecule has 2 saturated heterocycles. The van der Waals surface area contributed by atoms with Gasteiger partial charge in [0.15, 0.2) is 0 Å². The quantitative estimate of drug-likeness (QED) is 0.564. The molecule has 102 valence electrons. The second-order valence-electron chi connectivity index (χ2n) is 5.00. The first-order chi connectivity index (χ1) is 9.28. The lowest BCUT2D eigenvalue weighted by Gasteiger charge is -2.23. The molecule has 0 bridgehead atoms. The van der Waals surface area contributed by atoms with E-state index in [0.29, 0.717) is 18.4 Å². The highest BCUT2D eigenvalue weighted by Gasteiger charge is 2.34. The lowest BCUT2D eigenvalue weighted by Crippen LogP contribution is -2.34. The van der Waals surface area contributed by atoms with Gasteiger partial charge in [-0.05, 0) is 19.1 Å². The molecule has 3 rings (SSSR count). The average Bonchev–Trinajstić information content (AvgIpc) is 3.32. The van der Waals surface area contributed by atoms with Crippen LogP contribution in [0.2, 0.25) is 0 Å². The van der Waals surface area contributed by atoms with Gasteiger partial charge in [0.25, 0.3) is 0 Å². The largest absolute Gasteiger partial charge is 0.378 e. The van der Waals surface area contributed by atoms with E-state index in [9.17, 15) is 4.57 Å². The molecule has 0 saturated carbocycles. The van der Waals surface area contributed by atoms with Crippen molar-refractivity contribution < 1.29 is 14.0 Å². The zero-order chi connectivity index (χ0) is 13.2. The topological polar surface area (TPSA) is 45.4 Å². The smallest absolute Gasteiger partial charge is 0.371 e. The molecule has 2 aliphatic rings. The number of anilines is 1. The number of epoxide rings is 2. The summed E-state index contributed by atoms with van der Waals surface area (Å²) in [6.07, 6.45) is 1.33. The van der Waals surface area contributed by atoms with E-state index in [1.165, 1.54) is 0 Å². The zero-order valence-electron chi connectivity index (χ0n) is 11.1. The van der Waals surface area contributed by atoms with E-state index >= 15 is 0 Å². The third-order valence-corrected chi connectivity index (χ3v) is 4.92. The third-order valence-electron chi connectivity index (χ3n) is 3.43. The number of benzene rings is 1. The maximum absolute atomic E-state index is 12.2. The molecule has 0 aliphatic carbocycles. The van der Waals surface area contributed by atoms with E-state index in [2.05, 4.69) is 11.0 Å². The summed E-state index contributed by atoms with van der Waals surface area (Å²) in [5, 5.41) is 0.960. The minimum Gasteiger partial charge on any atom is -0.371 e. The van der Waals surface area contributed by atoms with Crippen molar-refractivity contribution in [2.24, 2.45) is 0 Å². The fourth-order valence-electron chi connectivity index (χ4n) is 2.22. The average molecular weight is 280 g/mol. The number of hydrogen-bond donors (Lipinski definition) is 0. The normalized spacial score (nSPS) is 25.0. The van der Waals surface area contributed by atoms with Crippen molar-refractivity contribution in [3.63, 3.8) is 0 Å². The van der Waals surface area contributed by atoms with Crippen molar-refractivity contribution in [3.8, 4) is 0 Å². The second-order valence-corrected chi connectivity index (χ2v) is 6.87. The first kappa shape index (κ1) is 13.0. The first-order valence-electron chi connectivity index (χ1n) is 6.79.